The number of hydrogen-bond acceptors (Lipinski definition) is 4. The van der Waals surface area contributed by atoms with Crippen molar-refractivity contribution in [3.05, 3.63) is 0 Å². The molecule has 4 nitrogen and oxygen atoms in total. The number of aliphatic hydroxyl groups excluding tert-OH is 2. The lowest BCUT2D eigenvalue weighted by Gasteiger charge is -2.21. The van der Waals surface area contributed by atoms with E-state index in [-0.39, 0.29) is 0 Å². The second-order valence-corrected chi connectivity index (χ2v) is 6.31. The highest BCUT2D eigenvalue weighted by Gasteiger charge is 2.13. The van der Waals surface area contributed by atoms with E-state index < -0.39 is 0 Å². The normalized spacial score (nSPS) is 18.0. The number of nitrogens with zero attached hydrogens (tertiary/aromatic N) is 2. The highest BCUT2D eigenvalue weighted by atomic mass is 16.3. The molecule has 1 fully saturated rings. The average Bonchev–Trinajstić information content (AvgIpc) is 2.72. The zero-order chi connectivity index (χ0) is 15.2. The molecule has 21 heavy (non-hydrogen) atoms. The summed E-state index contributed by atoms with van der Waals surface area (Å²) in [5, 5.41) is 17.5. The quantitative estimate of drug-likeness (QED) is 0.542. The van der Waals surface area contributed by atoms with Crippen LogP contribution in [0.4, 0.5) is 0 Å². The molecule has 1 heterocycles. The summed E-state index contributed by atoms with van der Waals surface area (Å²) in [4.78, 5) is 5.23. The maximum atomic E-state index is 8.77. The van der Waals surface area contributed by atoms with Crippen LogP contribution in [0.25, 0.3) is 0 Å². The molecular formula is C17H36N2O2. The maximum absolute atomic E-state index is 8.77. The van der Waals surface area contributed by atoms with E-state index in [2.05, 4.69) is 9.80 Å². The van der Waals surface area contributed by atoms with Crippen molar-refractivity contribution in [1.29, 1.82) is 0 Å². The first-order valence-electron chi connectivity index (χ1n) is 9.03. The van der Waals surface area contributed by atoms with Gasteiger partial charge < -0.3 is 20.0 Å². The zero-order valence-corrected chi connectivity index (χ0v) is 13.8. The smallest absolute Gasteiger partial charge is 0.0431 e. The molecule has 2 N–H and O–H groups in total. The third kappa shape index (κ3) is 10.2. The van der Waals surface area contributed by atoms with E-state index in [4.69, 9.17) is 10.2 Å². The molecule has 0 saturated carbocycles. The molecule has 0 aromatic carbocycles. The van der Waals surface area contributed by atoms with Crippen LogP contribution in [0, 0.1) is 0 Å². The van der Waals surface area contributed by atoms with Gasteiger partial charge in [0.1, 0.15) is 0 Å². The van der Waals surface area contributed by atoms with Crippen molar-refractivity contribution in [3.63, 3.8) is 0 Å². The number of unbranched alkanes of at least 4 members (excludes halogenated alkanes) is 6. The molecule has 0 aliphatic carbocycles. The van der Waals surface area contributed by atoms with Gasteiger partial charge >= 0.3 is 0 Å². The molecule has 0 bridgehead atoms. The fraction of sp³-hybridized carbons (Fsp3) is 1.00. The first kappa shape index (κ1) is 18.9. The summed E-state index contributed by atoms with van der Waals surface area (Å²) in [5.41, 5.74) is 0. The van der Waals surface area contributed by atoms with Gasteiger partial charge in [0, 0.05) is 26.3 Å². The molecule has 1 aliphatic heterocycles. The summed E-state index contributed by atoms with van der Waals surface area (Å²) in [7, 11) is 0. The van der Waals surface area contributed by atoms with E-state index in [9.17, 15) is 0 Å². The fourth-order valence-corrected chi connectivity index (χ4v) is 3.07. The summed E-state index contributed by atoms with van der Waals surface area (Å²) < 4.78 is 0. The van der Waals surface area contributed by atoms with Gasteiger partial charge in [0.2, 0.25) is 0 Å². The van der Waals surface area contributed by atoms with Crippen molar-refractivity contribution in [2.75, 3.05) is 52.5 Å². The Morgan fingerprint density at radius 2 is 0.952 bits per heavy atom. The summed E-state index contributed by atoms with van der Waals surface area (Å²) in [5.74, 6) is 0. The Bertz CT molecular complexity index is 205. The van der Waals surface area contributed by atoms with Crippen molar-refractivity contribution in [2.45, 2.75) is 57.8 Å². The van der Waals surface area contributed by atoms with Crippen molar-refractivity contribution in [2.24, 2.45) is 0 Å². The number of rotatable bonds is 12. The van der Waals surface area contributed by atoms with Crippen LogP contribution in [0.1, 0.15) is 57.8 Å². The first-order chi connectivity index (χ1) is 10.4. The monoisotopic (exact) mass is 300 g/mol. The Balaban J connectivity index is 2.01. The lowest BCUT2D eigenvalue weighted by atomic mass is 10.2. The van der Waals surface area contributed by atoms with Gasteiger partial charge in [-0.1, -0.05) is 25.7 Å². The van der Waals surface area contributed by atoms with E-state index in [0.717, 1.165) is 12.8 Å². The minimum atomic E-state index is 0.344. The van der Waals surface area contributed by atoms with E-state index in [0.29, 0.717) is 13.2 Å². The van der Waals surface area contributed by atoms with E-state index in [1.54, 1.807) is 0 Å². The fourth-order valence-electron chi connectivity index (χ4n) is 3.07. The van der Waals surface area contributed by atoms with Crippen molar-refractivity contribution < 1.29 is 10.2 Å². The first-order valence-corrected chi connectivity index (χ1v) is 9.03. The molecule has 1 aliphatic rings. The highest BCUT2D eigenvalue weighted by molar-refractivity contribution is 4.69. The van der Waals surface area contributed by atoms with Gasteiger partial charge in [0.05, 0.1) is 0 Å². The second kappa shape index (κ2) is 13.5. The number of aliphatic hydroxyl groups is 2. The standard InChI is InChI=1S/C17H36N2O2/c20-16-7-3-1-5-10-18-12-9-13-19(15-14-18)11-6-2-4-8-17-21/h20-21H,1-17H2. The van der Waals surface area contributed by atoms with Crippen LogP contribution in [-0.4, -0.2) is 72.5 Å². The number of hydrogen-bond donors (Lipinski definition) is 2. The molecule has 0 aromatic heterocycles. The van der Waals surface area contributed by atoms with Gasteiger partial charge in [0.25, 0.3) is 0 Å². The third-order valence-electron chi connectivity index (χ3n) is 4.45. The average molecular weight is 300 g/mol. The Hall–Kier alpha value is -0.160. The van der Waals surface area contributed by atoms with Gasteiger partial charge in [-0.05, 0) is 58.3 Å². The molecular weight excluding hydrogens is 264 g/mol. The molecule has 1 saturated heterocycles. The van der Waals surface area contributed by atoms with Gasteiger partial charge in [-0.3, -0.25) is 0 Å². The van der Waals surface area contributed by atoms with Crippen LogP contribution in [0.3, 0.4) is 0 Å². The van der Waals surface area contributed by atoms with E-state index >= 15 is 0 Å². The molecule has 0 radical (unpaired) electrons. The molecule has 0 aromatic rings. The van der Waals surface area contributed by atoms with Crippen LogP contribution in [0.5, 0.6) is 0 Å². The van der Waals surface area contributed by atoms with Crippen LogP contribution in [-0.2, 0) is 0 Å². The maximum Gasteiger partial charge on any atom is 0.0431 e. The summed E-state index contributed by atoms with van der Waals surface area (Å²) >= 11 is 0. The Kier molecular flexibility index (Phi) is 12.1. The molecule has 1 rings (SSSR count). The molecule has 0 atom stereocenters. The van der Waals surface area contributed by atoms with Crippen molar-refractivity contribution >= 4 is 0 Å². The van der Waals surface area contributed by atoms with Gasteiger partial charge in [-0.15, -0.1) is 0 Å². The zero-order valence-electron chi connectivity index (χ0n) is 13.8. The van der Waals surface area contributed by atoms with E-state index in [1.165, 1.54) is 84.2 Å². The molecule has 4 heteroatoms. The van der Waals surface area contributed by atoms with Gasteiger partial charge in [-0.2, -0.15) is 0 Å². The Morgan fingerprint density at radius 3 is 1.38 bits per heavy atom. The van der Waals surface area contributed by atoms with Crippen molar-refractivity contribution in [1.82, 2.24) is 9.80 Å². The lowest BCUT2D eigenvalue weighted by Crippen LogP contribution is -2.32. The molecule has 0 spiro atoms. The van der Waals surface area contributed by atoms with Crippen LogP contribution in [0.15, 0.2) is 0 Å². The largest absolute Gasteiger partial charge is 0.396 e. The SMILES string of the molecule is OCCCCCCN1CCCN(CCCCCCO)CC1. The molecule has 0 amide bonds. The second-order valence-electron chi connectivity index (χ2n) is 6.31. The van der Waals surface area contributed by atoms with Gasteiger partial charge in [-0.25, -0.2) is 0 Å². The lowest BCUT2D eigenvalue weighted by molar-refractivity contribution is 0.245. The predicted molar refractivity (Wildman–Crippen MR) is 88.6 cm³/mol. The summed E-state index contributed by atoms with van der Waals surface area (Å²) in [6.45, 7) is 8.09. The van der Waals surface area contributed by atoms with Crippen molar-refractivity contribution in [3.8, 4) is 0 Å². The summed E-state index contributed by atoms with van der Waals surface area (Å²) in [6.07, 6.45) is 10.6. The molecule has 0 unspecified atom stereocenters. The topological polar surface area (TPSA) is 46.9 Å². The van der Waals surface area contributed by atoms with E-state index in [1.807, 2.05) is 0 Å². The van der Waals surface area contributed by atoms with Crippen LogP contribution >= 0.6 is 0 Å². The minimum Gasteiger partial charge on any atom is -0.396 e. The highest BCUT2D eigenvalue weighted by Crippen LogP contribution is 2.08. The minimum absolute atomic E-state index is 0.344. The Morgan fingerprint density at radius 1 is 0.524 bits per heavy atom. The third-order valence-corrected chi connectivity index (χ3v) is 4.45. The summed E-state index contributed by atoms with van der Waals surface area (Å²) in [6, 6.07) is 0. The van der Waals surface area contributed by atoms with Crippen LogP contribution in [0.2, 0.25) is 0 Å². The van der Waals surface area contributed by atoms with Crippen LogP contribution < -0.4 is 0 Å². The van der Waals surface area contributed by atoms with Gasteiger partial charge in [0.15, 0.2) is 0 Å². The molecule has 126 valence electrons. The Labute approximate surface area is 131 Å². The predicted octanol–water partition coefficient (Wildman–Crippen LogP) is 2.10.